The highest BCUT2D eigenvalue weighted by Crippen LogP contribution is 2.36. The maximum absolute atomic E-state index is 11.7. The molecule has 1 N–H and O–H groups in total. The monoisotopic (exact) mass is 312 g/mol. The molecule has 0 bridgehead atoms. The first-order valence-electron chi connectivity index (χ1n) is 7.23. The number of hydrogen-bond acceptors (Lipinski definition) is 5. The van der Waals surface area contributed by atoms with E-state index in [2.05, 4.69) is 10.3 Å². The van der Waals surface area contributed by atoms with Crippen LogP contribution >= 0.6 is 7.14 Å². The van der Waals surface area contributed by atoms with Gasteiger partial charge in [-0.2, -0.15) is 0 Å². The van der Waals surface area contributed by atoms with Crippen molar-refractivity contribution in [3.05, 3.63) is 23.0 Å². The average Bonchev–Trinajstić information content (AvgIpc) is 2.35. The van der Waals surface area contributed by atoms with Gasteiger partial charge in [0, 0.05) is 44.9 Å². The first-order chi connectivity index (χ1) is 9.68. The molecule has 5 nitrogen and oxygen atoms in total. The number of hydrogen-bond donors (Lipinski definition) is 1. The topological polar surface area (TPSA) is 60.5 Å². The Hall–Kier alpha value is -0.900. The molecule has 0 amide bonds. The lowest BCUT2D eigenvalue weighted by Crippen LogP contribution is -2.36. The second-order valence-corrected chi connectivity index (χ2v) is 10.0. The zero-order valence-corrected chi connectivity index (χ0v) is 14.4. The van der Waals surface area contributed by atoms with Crippen molar-refractivity contribution < 1.29 is 14.0 Å². The van der Waals surface area contributed by atoms with Crippen molar-refractivity contribution in [2.75, 3.05) is 26.0 Å². The van der Waals surface area contributed by atoms with E-state index in [4.69, 9.17) is 9.47 Å². The molecule has 0 radical (unpaired) electrons. The van der Waals surface area contributed by atoms with E-state index in [1.807, 2.05) is 40.3 Å². The Balaban J connectivity index is 2.07. The van der Waals surface area contributed by atoms with Crippen LogP contribution in [0.4, 0.5) is 0 Å². The Labute approximate surface area is 126 Å². The molecule has 21 heavy (non-hydrogen) atoms. The fourth-order valence-corrected chi connectivity index (χ4v) is 2.91. The molecule has 2 heterocycles. The number of rotatable bonds is 5. The van der Waals surface area contributed by atoms with Crippen LogP contribution in [0.2, 0.25) is 0 Å². The van der Waals surface area contributed by atoms with E-state index in [0.29, 0.717) is 19.3 Å². The molecule has 1 aliphatic rings. The van der Waals surface area contributed by atoms with Crippen LogP contribution < -0.4 is 10.1 Å². The van der Waals surface area contributed by atoms with Crippen LogP contribution in [-0.2, 0) is 22.5 Å². The highest BCUT2D eigenvalue weighted by Gasteiger charge is 2.30. The second-order valence-electron chi connectivity index (χ2n) is 6.44. The minimum atomic E-state index is -1.96. The molecule has 1 aromatic rings. The zero-order chi connectivity index (χ0) is 15.7. The second kappa shape index (κ2) is 6.07. The summed E-state index contributed by atoms with van der Waals surface area (Å²) in [5, 5.41) is 3.33. The van der Waals surface area contributed by atoms with Gasteiger partial charge in [-0.15, -0.1) is 0 Å². The van der Waals surface area contributed by atoms with Gasteiger partial charge in [-0.25, -0.2) is 0 Å². The van der Waals surface area contributed by atoms with Crippen molar-refractivity contribution in [1.29, 1.82) is 0 Å². The fraction of sp³-hybridized carbons (Fsp3) is 0.667. The van der Waals surface area contributed by atoms with Gasteiger partial charge in [0.1, 0.15) is 5.75 Å². The van der Waals surface area contributed by atoms with E-state index in [-0.39, 0.29) is 0 Å². The molecule has 0 unspecified atom stereocenters. The van der Waals surface area contributed by atoms with Gasteiger partial charge in [-0.3, -0.25) is 4.98 Å². The highest BCUT2D eigenvalue weighted by molar-refractivity contribution is 7.62. The summed E-state index contributed by atoms with van der Waals surface area (Å²) in [7, 11) is -1.96. The van der Waals surface area contributed by atoms with Crippen LogP contribution in [0.15, 0.2) is 6.20 Å². The number of aromatic nitrogens is 1. The molecular weight excluding hydrogens is 287 g/mol. The molecule has 0 fully saturated rings. The summed E-state index contributed by atoms with van der Waals surface area (Å²) in [6.07, 6.45) is 2.57. The van der Waals surface area contributed by atoms with Crippen LogP contribution in [0.3, 0.4) is 0 Å². The van der Waals surface area contributed by atoms with Crippen LogP contribution in [0.1, 0.15) is 30.7 Å². The largest absolute Gasteiger partial charge is 0.461 e. The summed E-state index contributed by atoms with van der Waals surface area (Å²) in [4.78, 5) is 4.41. The summed E-state index contributed by atoms with van der Waals surface area (Å²) < 4.78 is 23.3. The third-order valence-corrected chi connectivity index (χ3v) is 4.76. The lowest BCUT2D eigenvalue weighted by Gasteiger charge is -2.34. The van der Waals surface area contributed by atoms with E-state index in [1.54, 1.807) is 0 Å². The summed E-state index contributed by atoms with van der Waals surface area (Å²) in [6, 6.07) is 0. The lowest BCUT2D eigenvalue weighted by molar-refractivity contribution is -0.180. The van der Waals surface area contributed by atoms with E-state index >= 15 is 0 Å². The molecule has 0 saturated carbocycles. The predicted octanol–water partition coefficient (Wildman–Crippen LogP) is 2.75. The summed E-state index contributed by atoms with van der Waals surface area (Å²) in [5.74, 6) is 0.227. The summed E-state index contributed by atoms with van der Waals surface area (Å²) in [5.41, 5.74) is 3.02. The molecule has 0 saturated heterocycles. The molecular formula is C15H25N2O3P. The minimum Gasteiger partial charge on any atom is -0.461 e. The van der Waals surface area contributed by atoms with E-state index in [9.17, 15) is 4.57 Å². The molecule has 0 atom stereocenters. The third kappa shape index (κ3) is 4.53. The lowest BCUT2D eigenvalue weighted by atomic mass is 10.1. The molecule has 0 spiro atoms. The molecule has 1 aromatic heterocycles. The van der Waals surface area contributed by atoms with Gasteiger partial charge in [0.05, 0.1) is 19.4 Å². The number of nitrogens with zero attached hydrogens (tertiary/aromatic N) is 1. The quantitative estimate of drug-likeness (QED) is 0.669. The Morgan fingerprint density at radius 3 is 2.81 bits per heavy atom. The van der Waals surface area contributed by atoms with Crippen LogP contribution in [-0.4, -0.2) is 36.8 Å². The van der Waals surface area contributed by atoms with E-state index < -0.39 is 12.9 Å². The van der Waals surface area contributed by atoms with Crippen LogP contribution in [0, 0.1) is 6.92 Å². The predicted molar refractivity (Wildman–Crippen MR) is 84.5 cm³/mol. The molecule has 118 valence electrons. The number of nitrogens with one attached hydrogen (secondary N) is 1. The van der Waals surface area contributed by atoms with Crippen molar-refractivity contribution in [3.63, 3.8) is 0 Å². The van der Waals surface area contributed by atoms with Crippen LogP contribution in [0.25, 0.3) is 0 Å². The number of fused-ring (bicyclic) bond motifs is 1. The standard InChI is InChI=1S/C15H25N2O3P/c1-11-14-13(10-19-15(2,3)20-14)12(9-17-11)8-16-6-7-21(4,5)18/h9,16H,6-8,10H2,1-5H3. The van der Waals surface area contributed by atoms with Gasteiger partial charge in [0.15, 0.2) is 0 Å². The number of pyridine rings is 1. The van der Waals surface area contributed by atoms with Crippen molar-refractivity contribution in [2.24, 2.45) is 0 Å². The molecule has 2 rings (SSSR count). The summed E-state index contributed by atoms with van der Waals surface area (Å²) in [6.45, 7) is 11.3. The minimum absolute atomic E-state index is 0.531. The smallest absolute Gasteiger partial charge is 0.205 e. The number of ether oxygens (including phenoxy) is 2. The number of aryl methyl sites for hydroxylation is 1. The maximum Gasteiger partial charge on any atom is 0.205 e. The van der Waals surface area contributed by atoms with Gasteiger partial charge < -0.3 is 19.4 Å². The van der Waals surface area contributed by atoms with E-state index in [0.717, 1.165) is 29.1 Å². The fourth-order valence-electron chi connectivity index (χ4n) is 2.21. The van der Waals surface area contributed by atoms with Crippen molar-refractivity contribution >= 4 is 7.14 Å². The molecule has 0 aliphatic carbocycles. The first-order valence-corrected chi connectivity index (χ1v) is 10.0. The zero-order valence-electron chi connectivity index (χ0n) is 13.5. The Morgan fingerprint density at radius 2 is 2.14 bits per heavy atom. The summed E-state index contributed by atoms with van der Waals surface area (Å²) >= 11 is 0. The SMILES string of the molecule is Cc1ncc(CNCCP(C)(C)=O)c2c1OC(C)(C)OC2. The molecule has 6 heteroatoms. The molecule has 0 aromatic carbocycles. The maximum atomic E-state index is 11.7. The normalized spacial score (nSPS) is 17.2. The Morgan fingerprint density at radius 1 is 1.43 bits per heavy atom. The Kier molecular flexibility index (Phi) is 4.76. The Bertz CT molecular complexity index is 566. The van der Waals surface area contributed by atoms with Crippen molar-refractivity contribution in [2.45, 2.75) is 39.7 Å². The van der Waals surface area contributed by atoms with Crippen molar-refractivity contribution in [1.82, 2.24) is 10.3 Å². The van der Waals surface area contributed by atoms with Crippen LogP contribution in [0.5, 0.6) is 5.75 Å². The average molecular weight is 312 g/mol. The molecule has 1 aliphatic heterocycles. The van der Waals surface area contributed by atoms with Gasteiger partial charge in [-0.05, 0) is 25.8 Å². The van der Waals surface area contributed by atoms with Gasteiger partial charge in [-0.1, -0.05) is 0 Å². The van der Waals surface area contributed by atoms with Crippen molar-refractivity contribution in [3.8, 4) is 5.75 Å². The van der Waals surface area contributed by atoms with Gasteiger partial charge in [0.25, 0.3) is 0 Å². The van der Waals surface area contributed by atoms with Gasteiger partial charge in [0.2, 0.25) is 5.79 Å². The van der Waals surface area contributed by atoms with E-state index in [1.165, 1.54) is 0 Å². The third-order valence-electron chi connectivity index (χ3n) is 3.46. The highest BCUT2D eigenvalue weighted by atomic mass is 31.2. The first kappa shape index (κ1) is 16.5. The van der Waals surface area contributed by atoms with Gasteiger partial charge >= 0.3 is 0 Å².